The molecule has 0 atom stereocenters. The van der Waals surface area contributed by atoms with Gasteiger partial charge in [-0.2, -0.15) is 0 Å². The van der Waals surface area contributed by atoms with Gasteiger partial charge in [-0.1, -0.05) is 6.07 Å². The molecule has 90 valence electrons. The monoisotopic (exact) mass is 261 g/mol. The fraction of sp³-hybridized carbons (Fsp3) is 0.455. The molecule has 0 aliphatic heterocycles. The first-order valence-corrected chi connectivity index (χ1v) is 7.12. The normalized spacial score (nSPS) is 11.5. The number of sulfonamides is 1. The van der Waals surface area contributed by atoms with Gasteiger partial charge in [0, 0.05) is 12.9 Å². The van der Waals surface area contributed by atoms with Crippen LogP contribution in [0.2, 0.25) is 0 Å². The number of benzene rings is 1. The lowest BCUT2D eigenvalue weighted by atomic mass is 10.1. The SMILES string of the molecule is Cc1cc(C)cc(N(C)S(=O)(=O)CCCl)c1. The van der Waals surface area contributed by atoms with E-state index in [1.807, 2.05) is 32.0 Å². The van der Waals surface area contributed by atoms with Crippen molar-refractivity contribution in [1.29, 1.82) is 0 Å². The second kappa shape index (κ2) is 5.06. The van der Waals surface area contributed by atoms with Crippen LogP contribution in [0.25, 0.3) is 0 Å². The lowest BCUT2D eigenvalue weighted by Crippen LogP contribution is -2.29. The molecular weight excluding hydrogens is 246 g/mol. The number of halogens is 1. The zero-order chi connectivity index (χ0) is 12.3. The van der Waals surface area contributed by atoms with E-state index in [0.717, 1.165) is 11.1 Å². The largest absolute Gasteiger partial charge is 0.273 e. The van der Waals surface area contributed by atoms with Gasteiger partial charge in [-0.3, -0.25) is 4.31 Å². The van der Waals surface area contributed by atoms with Crippen LogP contribution in [0.15, 0.2) is 18.2 Å². The molecule has 0 radical (unpaired) electrons. The van der Waals surface area contributed by atoms with Crippen molar-refractivity contribution in [3.8, 4) is 0 Å². The Morgan fingerprint density at radius 2 is 1.69 bits per heavy atom. The Kier molecular flexibility index (Phi) is 4.21. The van der Waals surface area contributed by atoms with Crippen LogP contribution in [0.3, 0.4) is 0 Å². The average molecular weight is 262 g/mol. The van der Waals surface area contributed by atoms with E-state index in [9.17, 15) is 8.42 Å². The minimum atomic E-state index is -3.30. The van der Waals surface area contributed by atoms with Gasteiger partial charge < -0.3 is 0 Å². The van der Waals surface area contributed by atoms with Crippen LogP contribution < -0.4 is 4.31 Å². The highest BCUT2D eigenvalue weighted by atomic mass is 35.5. The molecule has 16 heavy (non-hydrogen) atoms. The van der Waals surface area contributed by atoms with Crippen molar-refractivity contribution in [3.05, 3.63) is 29.3 Å². The van der Waals surface area contributed by atoms with Gasteiger partial charge in [0.15, 0.2) is 0 Å². The first-order valence-electron chi connectivity index (χ1n) is 4.97. The van der Waals surface area contributed by atoms with Crippen molar-refractivity contribution in [2.45, 2.75) is 13.8 Å². The summed E-state index contributed by atoms with van der Waals surface area (Å²) in [6.45, 7) is 3.89. The molecule has 3 nitrogen and oxygen atoms in total. The summed E-state index contributed by atoms with van der Waals surface area (Å²) in [5, 5.41) is 0. The number of rotatable bonds is 4. The smallest absolute Gasteiger partial charge is 0.236 e. The fourth-order valence-corrected chi connectivity index (χ4v) is 3.01. The highest BCUT2D eigenvalue weighted by Gasteiger charge is 2.17. The second-order valence-corrected chi connectivity index (χ2v) is 6.32. The summed E-state index contributed by atoms with van der Waals surface area (Å²) in [7, 11) is -1.74. The van der Waals surface area contributed by atoms with E-state index in [4.69, 9.17) is 11.6 Å². The van der Waals surface area contributed by atoms with Gasteiger partial charge >= 0.3 is 0 Å². The first kappa shape index (κ1) is 13.3. The quantitative estimate of drug-likeness (QED) is 0.780. The van der Waals surface area contributed by atoms with Crippen molar-refractivity contribution in [2.75, 3.05) is 23.0 Å². The van der Waals surface area contributed by atoms with Crippen molar-refractivity contribution >= 4 is 27.3 Å². The Morgan fingerprint density at radius 1 is 1.19 bits per heavy atom. The molecule has 0 spiro atoms. The Bertz CT molecular complexity index is 451. The summed E-state index contributed by atoms with van der Waals surface area (Å²) in [6, 6.07) is 5.70. The summed E-state index contributed by atoms with van der Waals surface area (Å²) in [6.07, 6.45) is 0. The van der Waals surface area contributed by atoms with Crippen molar-refractivity contribution < 1.29 is 8.42 Å². The maximum Gasteiger partial charge on any atom is 0.236 e. The summed E-state index contributed by atoms with van der Waals surface area (Å²) in [5.41, 5.74) is 2.77. The van der Waals surface area contributed by atoms with Crippen LogP contribution in [-0.4, -0.2) is 27.1 Å². The highest BCUT2D eigenvalue weighted by molar-refractivity contribution is 7.92. The Balaban J connectivity index is 3.09. The molecule has 0 unspecified atom stereocenters. The summed E-state index contributed by atoms with van der Waals surface area (Å²) >= 11 is 5.47. The molecule has 0 N–H and O–H groups in total. The number of aryl methyl sites for hydroxylation is 2. The Labute approximate surface area is 102 Å². The number of alkyl halides is 1. The van der Waals surface area contributed by atoms with E-state index in [0.29, 0.717) is 5.69 Å². The van der Waals surface area contributed by atoms with Gasteiger partial charge in [-0.05, 0) is 37.1 Å². The summed E-state index contributed by atoms with van der Waals surface area (Å²) in [4.78, 5) is 0. The van der Waals surface area contributed by atoms with Crippen molar-refractivity contribution in [2.24, 2.45) is 0 Å². The summed E-state index contributed by atoms with van der Waals surface area (Å²) < 4.78 is 24.9. The standard InChI is InChI=1S/C11H16ClNO2S/c1-9-6-10(2)8-11(7-9)13(3)16(14,15)5-4-12/h6-8H,4-5H2,1-3H3. The van der Waals surface area contributed by atoms with Crippen LogP contribution in [0.1, 0.15) is 11.1 Å². The van der Waals surface area contributed by atoms with Gasteiger partial charge in [-0.15, -0.1) is 11.6 Å². The third-order valence-corrected chi connectivity index (χ3v) is 4.50. The molecule has 5 heteroatoms. The van der Waals surface area contributed by atoms with Crippen molar-refractivity contribution in [1.82, 2.24) is 0 Å². The van der Waals surface area contributed by atoms with E-state index in [1.54, 1.807) is 7.05 Å². The van der Waals surface area contributed by atoms with Crippen molar-refractivity contribution in [3.63, 3.8) is 0 Å². The molecule has 0 amide bonds. The molecule has 1 rings (SSSR count). The Hall–Kier alpha value is -0.740. The minimum Gasteiger partial charge on any atom is -0.273 e. The number of anilines is 1. The average Bonchev–Trinajstić information content (AvgIpc) is 2.14. The van der Waals surface area contributed by atoms with E-state index in [-0.39, 0.29) is 11.6 Å². The van der Waals surface area contributed by atoms with E-state index in [1.165, 1.54) is 4.31 Å². The first-order chi connectivity index (χ1) is 7.36. The Morgan fingerprint density at radius 3 is 2.12 bits per heavy atom. The molecule has 0 saturated heterocycles. The van der Waals surface area contributed by atoms with Crippen LogP contribution in [0.4, 0.5) is 5.69 Å². The molecule has 0 saturated carbocycles. The van der Waals surface area contributed by atoms with E-state index >= 15 is 0 Å². The molecule has 1 aromatic carbocycles. The minimum absolute atomic E-state index is 0.0436. The predicted octanol–water partition coefficient (Wildman–Crippen LogP) is 2.31. The maximum atomic E-state index is 11.8. The van der Waals surface area contributed by atoms with Crippen LogP contribution >= 0.6 is 11.6 Å². The third kappa shape index (κ3) is 3.12. The molecule has 1 aromatic rings. The van der Waals surface area contributed by atoms with Gasteiger partial charge in [-0.25, -0.2) is 8.42 Å². The third-order valence-electron chi connectivity index (χ3n) is 2.32. The maximum absolute atomic E-state index is 11.8. The topological polar surface area (TPSA) is 37.4 Å². The molecule has 0 fully saturated rings. The molecule has 0 aliphatic carbocycles. The number of hydrogen-bond acceptors (Lipinski definition) is 2. The number of nitrogens with zero attached hydrogens (tertiary/aromatic N) is 1. The number of hydrogen-bond donors (Lipinski definition) is 0. The van der Waals surface area contributed by atoms with E-state index in [2.05, 4.69) is 0 Å². The lowest BCUT2D eigenvalue weighted by Gasteiger charge is -2.19. The molecule has 0 aliphatic rings. The van der Waals surface area contributed by atoms with E-state index < -0.39 is 10.0 Å². The fourth-order valence-electron chi connectivity index (χ4n) is 1.53. The van der Waals surface area contributed by atoms with Crippen LogP contribution in [-0.2, 0) is 10.0 Å². The van der Waals surface area contributed by atoms with Gasteiger partial charge in [0.2, 0.25) is 10.0 Å². The van der Waals surface area contributed by atoms with Gasteiger partial charge in [0.1, 0.15) is 0 Å². The zero-order valence-corrected chi connectivity index (χ0v) is 11.3. The predicted molar refractivity (Wildman–Crippen MR) is 68.8 cm³/mol. The van der Waals surface area contributed by atoms with Gasteiger partial charge in [0.05, 0.1) is 11.4 Å². The summed E-state index contributed by atoms with van der Waals surface area (Å²) in [5.74, 6) is 0.0650. The van der Waals surface area contributed by atoms with Crippen LogP contribution in [0, 0.1) is 13.8 Å². The molecule has 0 bridgehead atoms. The second-order valence-electron chi connectivity index (χ2n) is 3.82. The lowest BCUT2D eigenvalue weighted by molar-refractivity contribution is 0.596. The molecule has 0 aromatic heterocycles. The van der Waals surface area contributed by atoms with Crippen LogP contribution in [0.5, 0.6) is 0 Å². The highest BCUT2D eigenvalue weighted by Crippen LogP contribution is 2.20. The zero-order valence-electron chi connectivity index (χ0n) is 9.70. The molecule has 0 heterocycles. The van der Waals surface area contributed by atoms with Gasteiger partial charge in [0.25, 0.3) is 0 Å². The molecular formula is C11H16ClNO2S.